The first-order chi connectivity index (χ1) is 17.7. The molecule has 1 N–H and O–H groups in total. The molecule has 0 spiro atoms. The molecule has 0 aliphatic carbocycles. The number of hydrogen-bond donors (Lipinski definition) is 1. The van der Waals surface area contributed by atoms with Gasteiger partial charge in [0.15, 0.2) is 5.82 Å². The number of rotatable bonds is 4. The molecule has 0 unspecified atom stereocenters. The van der Waals surface area contributed by atoms with Gasteiger partial charge in [-0.05, 0) is 37.1 Å². The molecule has 11 heteroatoms. The summed E-state index contributed by atoms with van der Waals surface area (Å²) < 4.78 is 58.1. The Morgan fingerprint density at radius 2 is 1.78 bits per heavy atom. The number of fused-ring (bicyclic) bond motifs is 2. The van der Waals surface area contributed by atoms with Gasteiger partial charge >= 0.3 is 11.9 Å². The standard InChI is InChI=1S/C26H24F4N6O/c1-33-13-20(19-12-16(27)6-7-21(19)33)24-31-32-25(37)36(24)23-14-35(22-5-3-2-4-18(22)23)17-8-10-34(11-9-17)15-26(28,29)30/h2-7,12-14,17H,8-11,15H2,1H3,(H,32,37). The lowest BCUT2D eigenvalue weighted by Gasteiger charge is -2.33. The van der Waals surface area contributed by atoms with E-state index in [1.54, 1.807) is 6.07 Å². The molecule has 37 heavy (non-hydrogen) atoms. The number of alkyl halides is 3. The van der Waals surface area contributed by atoms with E-state index in [0.29, 0.717) is 48.4 Å². The molecular formula is C26H24F4N6O. The SMILES string of the molecule is Cn1cc(-c2n[nH]c(=O)n2-c2cn(C3CCN(CC(F)(F)F)CC3)c3ccccc23)c2cc(F)ccc21. The number of aryl methyl sites for hydroxylation is 1. The largest absolute Gasteiger partial charge is 0.401 e. The molecule has 0 radical (unpaired) electrons. The smallest absolute Gasteiger partial charge is 0.350 e. The van der Waals surface area contributed by atoms with Crippen molar-refractivity contribution in [1.82, 2.24) is 28.8 Å². The van der Waals surface area contributed by atoms with Crippen LogP contribution in [0.1, 0.15) is 18.9 Å². The molecule has 7 nitrogen and oxygen atoms in total. The quantitative estimate of drug-likeness (QED) is 0.345. The normalized spacial score (nSPS) is 15.8. The van der Waals surface area contributed by atoms with Crippen molar-refractivity contribution >= 4 is 21.8 Å². The maximum Gasteiger partial charge on any atom is 0.401 e. The summed E-state index contributed by atoms with van der Waals surface area (Å²) in [4.78, 5) is 14.5. The highest BCUT2D eigenvalue weighted by atomic mass is 19.4. The first kappa shape index (κ1) is 23.5. The Hall–Kier alpha value is -3.86. The van der Waals surface area contributed by atoms with Gasteiger partial charge in [0, 0.05) is 60.4 Å². The van der Waals surface area contributed by atoms with E-state index in [-0.39, 0.29) is 6.04 Å². The summed E-state index contributed by atoms with van der Waals surface area (Å²) in [5.74, 6) is -0.0399. The van der Waals surface area contributed by atoms with Crippen molar-refractivity contribution in [3.63, 3.8) is 0 Å². The minimum atomic E-state index is -4.22. The Labute approximate surface area is 208 Å². The van der Waals surface area contributed by atoms with E-state index in [0.717, 1.165) is 16.4 Å². The topological polar surface area (TPSA) is 63.8 Å². The maximum atomic E-state index is 14.1. The Morgan fingerprint density at radius 3 is 2.54 bits per heavy atom. The second kappa shape index (κ2) is 8.62. The summed E-state index contributed by atoms with van der Waals surface area (Å²) >= 11 is 0. The molecule has 0 atom stereocenters. The van der Waals surface area contributed by atoms with Gasteiger partial charge in [-0.25, -0.2) is 18.9 Å². The van der Waals surface area contributed by atoms with E-state index in [1.165, 1.54) is 21.6 Å². The van der Waals surface area contributed by atoms with Gasteiger partial charge in [0.2, 0.25) is 0 Å². The van der Waals surface area contributed by atoms with Gasteiger partial charge in [0.25, 0.3) is 0 Å². The van der Waals surface area contributed by atoms with Crippen LogP contribution in [0.3, 0.4) is 0 Å². The van der Waals surface area contributed by atoms with Gasteiger partial charge in [-0.1, -0.05) is 18.2 Å². The maximum absolute atomic E-state index is 14.1. The first-order valence-electron chi connectivity index (χ1n) is 12.0. The van der Waals surface area contributed by atoms with E-state index >= 15 is 0 Å². The Morgan fingerprint density at radius 1 is 1.03 bits per heavy atom. The van der Waals surface area contributed by atoms with Crippen LogP contribution in [-0.2, 0) is 7.05 Å². The van der Waals surface area contributed by atoms with Crippen LogP contribution in [0.4, 0.5) is 17.6 Å². The van der Waals surface area contributed by atoms with Crippen LogP contribution >= 0.6 is 0 Å². The van der Waals surface area contributed by atoms with Crippen LogP contribution in [0.25, 0.3) is 38.9 Å². The molecule has 0 bridgehead atoms. The van der Waals surface area contributed by atoms with Crippen molar-refractivity contribution in [3.8, 4) is 17.1 Å². The molecule has 1 fully saturated rings. The van der Waals surface area contributed by atoms with Gasteiger partial charge in [0.05, 0.1) is 17.7 Å². The number of aromatic nitrogens is 5. The van der Waals surface area contributed by atoms with Gasteiger partial charge in [-0.3, -0.25) is 4.90 Å². The van der Waals surface area contributed by atoms with Crippen LogP contribution in [0, 0.1) is 5.82 Å². The van der Waals surface area contributed by atoms with E-state index in [9.17, 15) is 22.4 Å². The number of likely N-dealkylation sites (tertiary alicyclic amines) is 1. The number of para-hydroxylation sites is 1. The number of piperidine rings is 1. The molecule has 0 saturated carbocycles. The summed E-state index contributed by atoms with van der Waals surface area (Å²) in [6, 6.07) is 12.1. The third-order valence-corrected chi connectivity index (χ3v) is 7.18. The van der Waals surface area contributed by atoms with Gasteiger partial charge in [0.1, 0.15) is 5.82 Å². The number of H-pyrrole nitrogens is 1. The Kier molecular flexibility index (Phi) is 5.48. The molecule has 2 aromatic carbocycles. The molecule has 0 amide bonds. The number of benzene rings is 2. The summed E-state index contributed by atoms with van der Waals surface area (Å²) in [6.45, 7) is -0.230. The lowest BCUT2D eigenvalue weighted by molar-refractivity contribution is -0.148. The molecule has 1 aliphatic rings. The third kappa shape index (κ3) is 4.12. The molecule has 1 saturated heterocycles. The monoisotopic (exact) mass is 512 g/mol. The second-order valence-electron chi connectivity index (χ2n) is 9.56. The number of nitrogens with zero attached hydrogens (tertiary/aromatic N) is 5. The van der Waals surface area contributed by atoms with Crippen molar-refractivity contribution in [2.24, 2.45) is 7.05 Å². The highest BCUT2D eigenvalue weighted by Crippen LogP contribution is 2.35. The number of nitrogens with one attached hydrogen (secondary N) is 1. The van der Waals surface area contributed by atoms with Crippen LogP contribution in [0.2, 0.25) is 0 Å². The minimum absolute atomic E-state index is 0.0131. The second-order valence-corrected chi connectivity index (χ2v) is 9.56. The number of hydrogen-bond acceptors (Lipinski definition) is 3. The van der Waals surface area contributed by atoms with E-state index in [1.807, 2.05) is 48.3 Å². The lowest BCUT2D eigenvalue weighted by atomic mass is 10.0. The highest BCUT2D eigenvalue weighted by molar-refractivity contribution is 5.96. The molecule has 3 aromatic heterocycles. The predicted molar refractivity (Wildman–Crippen MR) is 132 cm³/mol. The molecular weight excluding hydrogens is 488 g/mol. The molecule has 4 heterocycles. The van der Waals surface area contributed by atoms with Gasteiger partial charge in [-0.2, -0.15) is 18.3 Å². The van der Waals surface area contributed by atoms with Crippen molar-refractivity contribution < 1.29 is 17.6 Å². The van der Waals surface area contributed by atoms with Crippen molar-refractivity contribution in [2.75, 3.05) is 19.6 Å². The minimum Gasteiger partial charge on any atom is -0.350 e. The summed E-state index contributed by atoms with van der Waals surface area (Å²) in [5.41, 5.74) is 2.45. The zero-order valence-electron chi connectivity index (χ0n) is 20.0. The average molecular weight is 513 g/mol. The zero-order valence-corrected chi connectivity index (χ0v) is 20.0. The van der Waals surface area contributed by atoms with Crippen molar-refractivity contribution in [3.05, 3.63) is 71.2 Å². The van der Waals surface area contributed by atoms with Crippen LogP contribution in [-0.4, -0.2) is 54.6 Å². The summed E-state index contributed by atoms with van der Waals surface area (Å²) in [5, 5.41) is 8.28. The highest BCUT2D eigenvalue weighted by Gasteiger charge is 2.33. The Balaban J connectivity index is 1.44. The Bertz CT molecular complexity index is 1670. The fourth-order valence-corrected chi connectivity index (χ4v) is 5.52. The number of aromatic amines is 1. The van der Waals surface area contributed by atoms with Crippen molar-refractivity contribution in [2.45, 2.75) is 25.1 Å². The molecule has 192 valence electrons. The fraction of sp³-hybridized carbons (Fsp3) is 0.308. The van der Waals surface area contributed by atoms with E-state index in [2.05, 4.69) is 14.8 Å². The van der Waals surface area contributed by atoms with Crippen LogP contribution in [0.15, 0.2) is 59.7 Å². The fourth-order valence-electron chi connectivity index (χ4n) is 5.52. The first-order valence-corrected chi connectivity index (χ1v) is 12.0. The summed E-state index contributed by atoms with van der Waals surface area (Å²) in [6.07, 6.45) is 0.587. The predicted octanol–water partition coefficient (Wildman–Crippen LogP) is 5.01. The molecule has 6 rings (SSSR count). The molecule has 1 aliphatic heterocycles. The summed E-state index contributed by atoms with van der Waals surface area (Å²) in [7, 11) is 1.84. The van der Waals surface area contributed by atoms with Gasteiger partial charge in [-0.15, -0.1) is 0 Å². The molecule has 5 aromatic rings. The van der Waals surface area contributed by atoms with Crippen LogP contribution < -0.4 is 5.69 Å². The van der Waals surface area contributed by atoms with E-state index in [4.69, 9.17) is 0 Å². The lowest BCUT2D eigenvalue weighted by Crippen LogP contribution is -2.40. The van der Waals surface area contributed by atoms with Crippen molar-refractivity contribution in [1.29, 1.82) is 0 Å². The van der Waals surface area contributed by atoms with Gasteiger partial charge < -0.3 is 9.13 Å². The third-order valence-electron chi connectivity index (χ3n) is 7.18. The zero-order chi connectivity index (χ0) is 25.9. The van der Waals surface area contributed by atoms with Crippen LogP contribution in [0.5, 0.6) is 0 Å². The number of halogens is 4. The van der Waals surface area contributed by atoms with E-state index < -0.39 is 24.2 Å². The average Bonchev–Trinajstić information content (AvgIpc) is 3.51.